The standard InChI is InChI=1S/C69H88B2O4/c1-7-11-15-23-39-67(40-24-16-12-8-2)61-29-21-19-27-55(61)57-35-31-51(47-63(57)67)69(65-49-53(70-74-46-45-73-6)33-37-59(65)60-38-34-54(50-66(60)69)71(5)75-44-43-72)52-32-36-58-56-28-20-22-30-62(56)68(64(58)48-52,41-25-17-13-9-3)42-26-18-14-10-4/h19-22,27-38,47-50,70,72H,7-18,23-26,39-46H2,1-6H3. The maximum Gasteiger partial charge on any atom is 0.323 e. The molecule has 3 aliphatic rings. The highest BCUT2D eigenvalue weighted by atomic mass is 16.5. The van der Waals surface area contributed by atoms with E-state index in [1.807, 2.05) is 0 Å². The zero-order valence-corrected chi connectivity index (χ0v) is 47.0. The number of fused-ring (bicyclic) bond motifs is 9. The van der Waals surface area contributed by atoms with E-state index in [0.717, 1.165) is 31.1 Å². The van der Waals surface area contributed by atoms with E-state index in [0.29, 0.717) is 27.3 Å². The van der Waals surface area contributed by atoms with Gasteiger partial charge in [0.1, 0.15) is 0 Å². The van der Waals surface area contributed by atoms with Crippen LogP contribution in [-0.2, 0) is 30.3 Å². The fourth-order valence-electron chi connectivity index (χ4n) is 14.3. The molecule has 0 amide bonds. The van der Waals surface area contributed by atoms with E-state index in [4.69, 9.17) is 14.0 Å². The van der Waals surface area contributed by atoms with Crippen LogP contribution in [0, 0.1) is 0 Å². The largest absolute Gasteiger partial charge is 0.432 e. The van der Waals surface area contributed by atoms with Crippen LogP contribution in [0.1, 0.15) is 201 Å². The zero-order valence-electron chi connectivity index (χ0n) is 47.0. The third-order valence-corrected chi connectivity index (χ3v) is 18.1. The normalized spacial score (nSPS) is 14.8. The van der Waals surface area contributed by atoms with Crippen LogP contribution in [0.5, 0.6) is 0 Å². The average Bonchev–Trinajstić information content (AvgIpc) is 4.07. The van der Waals surface area contributed by atoms with Crippen LogP contribution in [0.3, 0.4) is 0 Å². The molecule has 0 aliphatic heterocycles. The van der Waals surface area contributed by atoms with Crippen molar-refractivity contribution in [2.24, 2.45) is 0 Å². The van der Waals surface area contributed by atoms with Crippen LogP contribution in [0.15, 0.2) is 121 Å². The molecule has 0 radical (unpaired) electrons. The van der Waals surface area contributed by atoms with Crippen molar-refractivity contribution in [3.05, 3.63) is 166 Å². The van der Waals surface area contributed by atoms with E-state index < -0.39 is 5.41 Å². The minimum absolute atomic E-state index is 0.00774. The molecular formula is C69H88B2O4. The summed E-state index contributed by atoms with van der Waals surface area (Å²) in [5.41, 5.74) is 21.1. The summed E-state index contributed by atoms with van der Waals surface area (Å²) in [5.74, 6) is 0. The van der Waals surface area contributed by atoms with Gasteiger partial charge in [0, 0.05) is 17.9 Å². The Morgan fingerprint density at radius 3 is 1.36 bits per heavy atom. The molecular weight excluding hydrogens is 914 g/mol. The van der Waals surface area contributed by atoms with Gasteiger partial charge in [-0.15, -0.1) is 0 Å². The smallest absolute Gasteiger partial charge is 0.323 e. The van der Waals surface area contributed by atoms with E-state index in [1.54, 1.807) is 7.11 Å². The highest BCUT2D eigenvalue weighted by Gasteiger charge is 2.51. The summed E-state index contributed by atoms with van der Waals surface area (Å²) in [7, 11) is 2.26. The number of hydrogen-bond acceptors (Lipinski definition) is 4. The Hall–Kier alpha value is -4.71. The Kier molecular flexibility index (Phi) is 18.8. The molecule has 0 bridgehead atoms. The van der Waals surface area contributed by atoms with Crippen LogP contribution in [0.25, 0.3) is 33.4 Å². The highest BCUT2D eigenvalue weighted by molar-refractivity contribution is 6.66. The van der Waals surface area contributed by atoms with Gasteiger partial charge in [0.2, 0.25) is 0 Å². The number of hydrogen-bond donors (Lipinski definition) is 1. The molecule has 4 nitrogen and oxygen atoms in total. The SMILES string of the molecule is CCCCCCC1(CCCCCC)c2ccccc2-c2ccc(C3(c4ccc5c(c4)C(CCCCCC)(CCCCCC)c4ccccc4-5)c4cc(BOCCOC)ccc4-c4ccc(B(C)OCCO)cc43)cc21. The van der Waals surface area contributed by atoms with Crippen LogP contribution in [0.2, 0.25) is 6.82 Å². The number of benzene rings is 6. The second-order valence-corrected chi connectivity index (χ2v) is 22.7. The van der Waals surface area contributed by atoms with E-state index in [9.17, 15) is 5.11 Å². The highest BCUT2D eigenvalue weighted by Crippen LogP contribution is 2.62. The molecule has 75 heavy (non-hydrogen) atoms. The number of rotatable bonds is 31. The molecule has 0 saturated carbocycles. The topological polar surface area (TPSA) is 47.9 Å². The van der Waals surface area contributed by atoms with Crippen molar-refractivity contribution in [3.8, 4) is 33.4 Å². The maximum absolute atomic E-state index is 9.98. The van der Waals surface area contributed by atoms with Gasteiger partial charge in [-0.2, -0.15) is 0 Å². The number of aliphatic hydroxyl groups excluding tert-OH is 1. The summed E-state index contributed by atoms with van der Waals surface area (Å²) in [6.45, 7) is 12.7. The minimum Gasteiger partial charge on any atom is -0.432 e. The van der Waals surface area contributed by atoms with Crippen molar-refractivity contribution in [1.29, 1.82) is 0 Å². The fourth-order valence-corrected chi connectivity index (χ4v) is 14.3. The summed E-state index contributed by atoms with van der Waals surface area (Å²) in [5, 5.41) is 9.98. The molecule has 394 valence electrons. The molecule has 1 N–H and O–H groups in total. The van der Waals surface area contributed by atoms with Crippen molar-refractivity contribution < 1.29 is 19.2 Å². The third-order valence-electron chi connectivity index (χ3n) is 18.1. The fraction of sp³-hybridized carbons (Fsp3) is 0.478. The van der Waals surface area contributed by atoms with Gasteiger partial charge in [-0.05, 0) is 109 Å². The second kappa shape index (κ2) is 25.6. The minimum atomic E-state index is -0.681. The Balaban J connectivity index is 1.35. The van der Waals surface area contributed by atoms with Gasteiger partial charge >= 0.3 is 14.4 Å². The Morgan fingerprint density at radius 2 is 0.880 bits per heavy atom. The first-order valence-corrected chi connectivity index (χ1v) is 29.9. The molecule has 0 unspecified atom stereocenters. The van der Waals surface area contributed by atoms with E-state index >= 15 is 0 Å². The number of unbranched alkanes of at least 4 members (excludes halogenated alkanes) is 12. The Labute approximate surface area is 454 Å². The monoisotopic (exact) mass is 1000 g/mol. The molecule has 0 saturated heterocycles. The summed E-state index contributed by atoms with van der Waals surface area (Å²) in [4.78, 5) is 0. The first kappa shape index (κ1) is 55.1. The molecule has 9 rings (SSSR count). The number of ether oxygens (including phenoxy) is 1. The third kappa shape index (κ3) is 10.7. The predicted molar refractivity (Wildman–Crippen MR) is 320 cm³/mol. The van der Waals surface area contributed by atoms with Gasteiger partial charge in [-0.1, -0.05) is 264 Å². The van der Waals surface area contributed by atoms with Gasteiger partial charge in [-0.3, -0.25) is 0 Å². The van der Waals surface area contributed by atoms with Gasteiger partial charge in [0.05, 0.1) is 31.8 Å². The Bertz CT molecular complexity index is 2680. The van der Waals surface area contributed by atoms with Crippen molar-refractivity contribution in [1.82, 2.24) is 0 Å². The van der Waals surface area contributed by atoms with Crippen LogP contribution < -0.4 is 10.9 Å². The molecule has 6 aromatic carbocycles. The first-order chi connectivity index (χ1) is 36.9. The molecule has 0 aromatic heterocycles. The lowest BCUT2D eigenvalue weighted by atomic mass is 9.60. The van der Waals surface area contributed by atoms with Gasteiger partial charge in [-0.25, -0.2) is 0 Å². The van der Waals surface area contributed by atoms with Crippen LogP contribution in [0.4, 0.5) is 0 Å². The number of aliphatic hydroxyl groups is 1. The molecule has 0 spiro atoms. The van der Waals surface area contributed by atoms with Crippen molar-refractivity contribution in [3.63, 3.8) is 0 Å². The molecule has 3 aliphatic carbocycles. The summed E-state index contributed by atoms with van der Waals surface area (Å²) >= 11 is 0. The van der Waals surface area contributed by atoms with Crippen molar-refractivity contribution in [2.45, 2.75) is 179 Å². The quantitative estimate of drug-likeness (QED) is 0.0348. The van der Waals surface area contributed by atoms with Crippen molar-refractivity contribution >= 4 is 25.3 Å². The molecule has 6 heteroatoms. The van der Waals surface area contributed by atoms with Gasteiger partial charge in [0.15, 0.2) is 0 Å². The lowest BCUT2D eigenvalue weighted by Crippen LogP contribution is -2.35. The molecule has 0 heterocycles. The first-order valence-electron chi connectivity index (χ1n) is 29.9. The van der Waals surface area contributed by atoms with Crippen molar-refractivity contribution in [2.75, 3.05) is 33.5 Å². The van der Waals surface area contributed by atoms with Gasteiger partial charge in [0.25, 0.3) is 0 Å². The predicted octanol–water partition coefficient (Wildman–Crippen LogP) is 15.9. The van der Waals surface area contributed by atoms with Gasteiger partial charge < -0.3 is 19.2 Å². The lowest BCUT2D eigenvalue weighted by molar-refractivity contribution is 0.150. The molecule has 6 aromatic rings. The van der Waals surface area contributed by atoms with E-state index in [2.05, 4.69) is 156 Å². The number of methoxy groups -OCH3 is 1. The average molecular weight is 1000 g/mol. The Morgan fingerprint density at radius 1 is 0.440 bits per heavy atom. The summed E-state index contributed by atoms with van der Waals surface area (Å²) in [6.07, 6.45) is 24.6. The second-order valence-electron chi connectivity index (χ2n) is 22.7. The van der Waals surface area contributed by atoms with E-state index in [1.165, 1.54) is 186 Å². The molecule has 0 fully saturated rings. The summed E-state index contributed by atoms with van der Waals surface area (Å²) in [6, 6.07) is 48.9. The summed E-state index contributed by atoms with van der Waals surface area (Å²) < 4.78 is 18.2. The maximum atomic E-state index is 9.98. The van der Waals surface area contributed by atoms with E-state index in [-0.39, 0.29) is 24.4 Å². The van der Waals surface area contributed by atoms with Crippen LogP contribution >= 0.6 is 0 Å². The zero-order chi connectivity index (χ0) is 52.3. The van der Waals surface area contributed by atoms with Crippen LogP contribution in [-0.4, -0.2) is 53.0 Å². The molecule has 0 atom stereocenters. The lowest BCUT2D eigenvalue weighted by Gasteiger charge is -2.38.